The van der Waals surface area contributed by atoms with Gasteiger partial charge in [0.05, 0.1) is 0 Å². The van der Waals surface area contributed by atoms with Crippen LogP contribution in [0.2, 0.25) is 4.94 Å². The van der Waals surface area contributed by atoms with Crippen molar-refractivity contribution in [3.05, 3.63) is 10.8 Å². The molecule has 1 rings (SSSR count). The molecule has 0 unspecified atom stereocenters. The van der Waals surface area contributed by atoms with E-state index in [0.717, 1.165) is 0 Å². The topological polar surface area (TPSA) is 0 Å². The first-order valence-electron chi connectivity index (χ1n) is 1.64. The molecule has 3 radical (unpaired) electrons. The molecule has 0 aromatic carbocycles. The third-order valence-corrected chi connectivity index (χ3v) is 3.62. The van der Waals surface area contributed by atoms with Gasteiger partial charge in [0.1, 0.15) is 0 Å². The van der Waals surface area contributed by atoms with E-state index in [-0.39, 0.29) is 0 Å². The molecule has 1 aliphatic rings. The molecule has 0 aromatic heterocycles. The predicted octanol–water partition coefficient (Wildman–Crippen LogP) is 2.70. The van der Waals surface area contributed by atoms with E-state index < -0.39 is 0 Å². The molecule has 0 aliphatic carbocycles. The Labute approximate surface area is 69.2 Å². The van der Waals surface area contributed by atoms with E-state index in [4.69, 9.17) is 0 Å². The Kier molecular flexibility index (Phi) is 9.31. The molecule has 1 aliphatic heterocycles. The average molecular weight is 256 g/mol. The number of hydrogen-bond donors (Lipinski definition) is 0. The van der Waals surface area contributed by atoms with E-state index in [1.54, 1.807) is 53.9 Å². The summed E-state index contributed by atoms with van der Waals surface area (Å²) >= 11 is 1.55. The van der Waals surface area contributed by atoms with E-state index in [9.17, 15) is 0 Å². The summed E-state index contributed by atoms with van der Waals surface area (Å²) in [5.74, 6) is 0. The molecular formula is C3H5S3Sn. The first-order valence-corrected chi connectivity index (χ1v) is 8.10. The Hall–Kier alpha value is 1.59. The van der Waals surface area contributed by atoms with Gasteiger partial charge in [0.2, 0.25) is 0 Å². The summed E-state index contributed by atoms with van der Waals surface area (Å²) in [6.45, 7) is 0. The molecule has 0 bridgehead atoms. The van der Waals surface area contributed by atoms with Gasteiger partial charge in [-0.15, -0.1) is 0 Å². The van der Waals surface area contributed by atoms with Crippen molar-refractivity contribution in [2.75, 3.05) is 0 Å². The van der Waals surface area contributed by atoms with Crippen molar-refractivity contribution in [1.29, 1.82) is 0 Å². The number of rotatable bonds is 0. The number of hydrogen-bond acceptors (Lipinski definition) is 3. The molecule has 0 amide bonds. The van der Waals surface area contributed by atoms with Crippen LogP contribution in [-0.4, -0.2) is 22.5 Å². The van der Waals surface area contributed by atoms with Crippen LogP contribution in [0.15, 0.2) is 10.8 Å². The van der Waals surface area contributed by atoms with Gasteiger partial charge in [0.15, 0.2) is 0 Å². The SMILES string of the molecule is C1=CSSS1.[CH3][Sn]. The van der Waals surface area contributed by atoms with Gasteiger partial charge < -0.3 is 0 Å². The van der Waals surface area contributed by atoms with Crippen molar-refractivity contribution in [1.82, 2.24) is 0 Å². The minimum absolute atomic E-state index is 1.55. The second-order valence-electron chi connectivity index (χ2n) is 0.533. The molecule has 7 heavy (non-hydrogen) atoms. The predicted molar refractivity (Wildman–Crippen MR) is 43.5 cm³/mol. The van der Waals surface area contributed by atoms with E-state index in [2.05, 4.69) is 15.8 Å². The van der Waals surface area contributed by atoms with Gasteiger partial charge in [-0.25, -0.2) is 0 Å². The molecule has 1 heterocycles. The molecule has 0 saturated heterocycles. The second kappa shape index (κ2) is 7.59. The molecule has 0 spiro atoms. The Morgan fingerprint density at radius 2 is 1.57 bits per heavy atom. The van der Waals surface area contributed by atoms with E-state index in [1.165, 1.54) is 0 Å². The zero-order chi connectivity index (χ0) is 5.54. The average Bonchev–Trinajstić information content (AvgIpc) is 2.23. The molecule has 39 valence electrons. The summed E-state index contributed by atoms with van der Waals surface area (Å²) in [4.78, 5) is 2.09. The van der Waals surface area contributed by atoms with Crippen molar-refractivity contribution >= 4 is 53.9 Å². The van der Waals surface area contributed by atoms with Crippen LogP contribution in [0.4, 0.5) is 0 Å². The van der Waals surface area contributed by atoms with Crippen molar-refractivity contribution < 1.29 is 0 Å². The van der Waals surface area contributed by atoms with Gasteiger partial charge >= 0.3 is 27.5 Å². The molecule has 4 heteroatoms. The molecule has 0 nitrogen and oxygen atoms in total. The first kappa shape index (κ1) is 8.59. The van der Waals surface area contributed by atoms with Crippen molar-refractivity contribution in [2.24, 2.45) is 0 Å². The van der Waals surface area contributed by atoms with Crippen LogP contribution in [0.3, 0.4) is 0 Å². The van der Waals surface area contributed by atoms with Gasteiger partial charge in [0, 0.05) is 0 Å². The monoisotopic (exact) mass is 257 g/mol. The summed E-state index contributed by atoms with van der Waals surface area (Å²) in [7, 11) is 5.34. The Balaban J connectivity index is 0.000000162. The van der Waals surface area contributed by atoms with Crippen LogP contribution in [-0.2, 0) is 0 Å². The van der Waals surface area contributed by atoms with Crippen LogP contribution < -0.4 is 0 Å². The van der Waals surface area contributed by atoms with Gasteiger partial charge in [-0.05, 0) is 20.6 Å². The fraction of sp³-hybridized carbons (Fsp3) is 0.333. The van der Waals surface area contributed by atoms with Gasteiger partial charge in [-0.3, -0.25) is 0 Å². The molecule has 0 fully saturated rings. The Bertz CT molecular complexity index is 48.1. The van der Waals surface area contributed by atoms with Crippen LogP contribution in [0, 0.1) is 0 Å². The fourth-order valence-corrected chi connectivity index (χ4v) is 3.06. The maximum atomic E-state index is 2.09. The molecule has 0 saturated carbocycles. The Morgan fingerprint density at radius 1 is 1.14 bits per heavy atom. The third-order valence-electron chi connectivity index (χ3n) is 0.245. The van der Waals surface area contributed by atoms with Crippen molar-refractivity contribution in [2.45, 2.75) is 4.94 Å². The van der Waals surface area contributed by atoms with E-state index >= 15 is 0 Å². The summed E-state index contributed by atoms with van der Waals surface area (Å²) in [6, 6.07) is 0. The standard InChI is InChI=1S/C2H2S3.CH3.Sn/c1-2-4-5-3-1;;/h1-2H;1H3;. The van der Waals surface area contributed by atoms with Crippen LogP contribution >= 0.6 is 31.4 Å². The van der Waals surface area contributed by atoms with Crippen molar-refractivity contribution in [3.63, 3.8) is 0 Å². The summed E-state index contributed by atoms with van der Waals surface area (Å²) in [5, 5.41) is 4.16. The maximum absolute atomic E-state index is 2.09. The third kappa shape index (κ3) is 5.46. The molecular weight excluding hydrogens is 251 g/mol. The van der Waals surface area contributed by atoms with Crippen molar-refractivity contribution in [3.8, 4) is 0 Å². The molecule has 0 aromatic rings. The molecule has 0 atom stereocenters. The summed E-state index contributed by atoms with van der Waals surface area (Å²) in [5.41, 5.74) is 0. The van der Waals surface area contributed by atoms with Crippen LogP contribution in [0.25, 0.3) is 0 Å². The van der Waals surface area contributed by atoms with Gasteiger partial charge in [-0.2, -0.15) is 0 Å². The zero-order valence-electron chi connectivity index (χ0n) is 3.88. The minimum atomic E-state index is 1.55. The fourth-order valence-electron chi connectivity index (χ4n) is 0.113. The van der Waals surface area contributed by atoms with Crippen LogP contribution in [0.5, 0.6) is 0 Å². The second-order valence-corrected chi connectivity index (χ2v) is 4.39. The van der Waals surface area contributed by atoms with Gasteiger partial charge in [0.25, 0.3) is 0 Å². The van der Waals surface area contributed by atoms with Gasteiger partial charge in [-0.1, -0.05) is 21.6 Å². The zero-order valence-corrected chi connectivity index (χ0v) is 9.18. The first-order chi connectivity index (χ1) is 3.50. The normalized spacial score (nSPS) is 15.7. The van der Waals surface area contributed by atoms with E-state index in [1.807, 2.05) is 0 Å². The Morgan fingerprint density at radius 3 is 1.71 bits per heavy atom. The van der Waals surface area contributed by atoms with E-state index in [0.29, 0.717) is 0 Å². The quantitative estimate of drug-likeness (QED) is 0.483. The summed E-state index contributed by atoms with van der Waals surface area (Å²) in [6.07, 6.45) is 0. The molecule has 0 N–H and O–H groups in total. The summed E-state index contributed by atoms with van der Waals surface area (Å²) < 4.78 is 0. The van der Waals surface area contributed by atoms with Crippen LogP contribution in [0.1, 0.15) is 0 Å².